The number of hydrogen-bond donors (Lipinski definition) is 0. The fraction of sp³-hybridized carbons (Fsp3) is 0.190. The van der Waals surface area contributed by atoms with Crippen molar-refractivity contribution in [3.63, 3.8) is 0 Å². The summed E-state index contributed by atoms with van der Waals surface area (Å²) in [7, 11) is 0. The number of rotatable bonds is 5. The minimum absolute atomic E-state index is 0.0764. The Morgan fingerprint density at radius 1 is 1.41 bits per heavy atom. The molecule has 2 aromatic heterocycles. The molecule has 3 aromatic rings. The third-order valence-electron chi connectivity index (χ3n) is 4.75. The van der Waals surface area contributed by atoms with Gasteiger partial charge in [0.05, 0.1) is 39.4 Å². The van der Waals surface area contributed by atoms with Crippen molar-refractivity contribution < 1.29 is 18.9 Å². The van der Waals surface area contributed by atoms with Crippen LogP contribution in [0.2, 0.25) is 5.02 Å². The molecule has 0 N–H and O–H groups in total. The first kappa shape index (κ1) is 21.7. The van der Waals surface area contributed by atoms with E-state index in [1.807, 2.05) is 0 Å². The minimum atomic E-state index is -0.537. The Kier molecular flexibility index (Phi) is 5.81. The molecule has 0 amide bonds. The number of nitrogens with zero attached hydrogens (tertiary/aromatic N) is 3. The van der Waals surface area contributed by atoms with Gasteiger partial charge in [-0.3, -0.25) is 19.5 Å². The zero-order valence-corrected chi connectivity index (χ0v) is 18.5. The van der Waals surface area contributed by atoms with Gasteiger partial charge in [-0.15, -0.1) is 0 Å². The summed E-state index contributed by atoms with van der Waals surface area (Å²) < 4.78 is 12.5. The standard InChI is InChI=1S/C21H16ClN3O6S/c1-3-30-20(27)15-10-24-19(26)18(32-21(24)23-11(15)2)9-13-5-7-17(31-13)14-6-4-12(22)8-16(14)25(28)29/h4-9H,3,10H2,1-2H3/b18-9-. The van der Waals surface area contributed by atoms with Gasteiger partial charge in [-0.2, -0.15) is 0 Å². The van der Waals surface area contributed by atoms with Gasteiger partial charge in [-0.25, -0.2) is 9.79 Å². The smallest absolute Gasteiger partial charge is 0.337 e. The molecule has 4 rings (SSSR count). The number of fused-ring (bicyclic) bond motifs is 1. The molecule has 0 unspecified atom stereocenters. The lowest BCUT2D eigenvalue weighted by molar-refractivity contribution is -0.384. The third kappa shape index (κ3) is 4.02. The summed E-state index contributed by atoms with van der Waals surface area (Å²) in [6.07, 6.45) is 1.54. The molecule has 0 saturated carbocycles. The number of esters is 1. The van der Waals surface area contributed by atoms with Crippen molar-refractivity contribution in [3.8, 4) is 11.3 Å². The van der Waals surface area contributed by atoms with Gasteiger partial charge >= 0.3 is 5.97 Å². The average molecular weight is 474 g/mol. The van der Waals surface area contributed by atoms with E-state index < -0.39 is 10.9 Å². The molecule has 0 bridgehead atoms. The Balaban J connectivity index is 1.71. The first-order valence-corrected chi connectivity index (χ1v) is 10.7. The van der Waals surface area contributed by atoms with Crippen molar-refractivity contribution in [2.75, 3.05) is 6.61 Å². The molecule has 0 saturated heterocycles. The highest BCUT2D eigenvalue weighted by molar-refractivity contribution is 7.07. The van der Waals surface area contributed by atoms with Crippen LogP contribution < -0.4 is 14.9 Å². The fourth-order valence-corrected chi connectivity index (χ4v) is 4.39. The lowest BCUT2D eigenvalue weighted by Crippen LogP contribution is -2.35. The number of hydrogen-bond acceptors (Lipinski definition) is 8. The Hall–Kier alpha value is -3.50. The summed E-state index contributed by atoms with van der Waals surface area (Å²) in [6, 6.07) is 7.49. The van der Waals surface area contributed by atoms with Crippen LogP contribution in [0.15, 0.2) is 55.8 Å². The van der Waals surface area contributed by atoms with Gasteiger partial charge < -0.3 is 9.15 Å². The minimum Gasteiger partial charge on any atom is -0.463 e. The number of carbonyl (C=O) groups is 1. The topological polar surface area (TPSA) is 117 Å². The number of carbonyl (C=O) groups excluding carboxylic acids is 1. The summed E-state index contributed by atoms with van der Waals surface area (Å²) in [5.74, 6) is 0.118. The zero-order valence-electron chi connectivity index (χ0n) is 17.0. The Labute approximate surface area is 189 Å². The Bertz CT molecular complexity index is 1460. The molecule has 3 heterocycles. The van der Waals surface area contributed by atoms with Crippen molar-refractivity contribution in [3.05, 3.63) is 82.2 Å². The van der Waals surface area contributed by atoms with Crippen LogP contribution >= 0.6 is 22.9 Å². The molecule has 9 nitrogen and oxygen atoms in total. The highest BCUT2D eigenvalue weighted by Crippen LogP contribution is 2.33. The van der Waals surface area contributed by atoms with Gasteiger partial charge in [0, 0.05) is 17.2 Å². The molecule has 1 aliphatic rings. The maximum atomic E-state index is 12.9. The van der Waals surface area contributed by atoms with Crippen molar-refractivity contribution in [1.82, 2.24) is 4.57 Å². The van der Waals surface area contributed by atoms with Crippen LogP contribution in [-0.2, 0) is 16.1 Å². The molecular weight excluding hydrogens is 458 g/mol. The molecule has 1 aromatic carbocycles. The lowest BCUT2D eigenvalue weighted by atomic mass is 10.1. The van der Waals surface area contributed by atoms with Gasteiger partial charge in [0.15, 0.2) is 4.80 Å². The summed E-state index contributed by atoms with van der Waals surface area (Å²) in [6.45, 7) is 3.71. The van der Waals surface area contributed by atoms with Crippen LogP contribution in [0.25, 0.3) is 17.4 Å². The van der Waals surface area contributed by atoms with E-state index in [1.54, 1.807) is 32.1 Å². The highest BCUT2D eigenvalue weighted by Gasteiger charge is 2.22. The molecule has 1 aliphatic heterocycles. The number of ether oxygens (including phenoxy) is 1. The van der Waals surface area contributed by atoms with Crippen LogP contribution in [0.4, 0.5) is 5.69 Å². The van der Waals surface area contributed by atoms with E-state index in [2.05, 4.69) is 4.99 Å². The summed E-state index contributed by atoms with van der Waals surface area (Å²) in [5.41, 5.74) is 0.609. The van der Waals surface area contributed by atoms with Crippen LogP contribution in [0.1, 0.15) is 19.6 Å². The molecule has 164 valence electrons. The van der Waals surface area contributed by atoms with Crippen molar-refractivity contribution >= 4 is 40.7 Å². The molecular formula is C21H16ClN3O6S. The van der Waals surface area contributed by atoms with Crippen LogP contribution in [0.5, 0.6) is 0 Å². The van der Waals surface area contributed by atoms with Gasteiger partial charge in [-0.1, -0.05) is 22.9 Å². The highest BCUT2D eigenvalue weighted by atomic mass is 35.5. The predicted octanol–water partition coefficient (Wildman–Crippen LogP) is 3.03. The number of halogens is 1. The van der Waals surface area contributed by atoms with E-state index in [-0.39, 0.29) is 40.7 Å². The number of allylic oxidation sites excluding steroid dienone is 1. The van der Waals surface area contributed by atoms with E-state index in [1.165, 1.54) is 22.8 Å². The number of benzene rings is 1. The SMILES string of the molecule is CCOC(=O)C1=C(C)N=c2s/c(=C\c3ccc(-c4ccc(Cl)cc4[N+](=O)[O-])o3)c(=O)n2C1. The number of furan rings is 1. The first-order chi connectivity index (χ1) is 15.3. The normalized spacial score (nSPS) is 13.7. The van der Waals surface area contributed by atoms with Crippen molar-refractivity contribution in [2.45, 2.75) is 20.4 Å². The molecule has 0 atom stereocenters. The first-order valence-electron chi connectivity index (χ1n) is 9.49. The van der Waals surface area contributed by atoms with Gasteiger partial charge in [-0.05, 0) is 38.1 Å². The van der Waals surface area contributed by atoms with E-state index in [0.29, 0.717) is 26.4 Å². The Morgan fingerprint density at radius 2 is 2.19 bits per heavy atom. The lowest BCUT2D eigenvalue weighted by Gasteiger charge is -2.12. The van der Waals surface area contributed by atoms with E-state index in [0.717, 1.165) is 11.3 Å². The number of nitro benzene ring substituents is 1. The number of thiazole rings is 1. The Morgan fingerprint density at radius 3 is 2.91 bits per heavy atom. The van der Waals surface area contributed by atoms with Crippen LogP contribution in [0, 0.1) is 10.1 Å². The van der Waals surface area contributed by atoms with E-state index in [9.17, 15) is 19.7 Å². The second-order valence-electron chi connectivity index (χ2n) is 6.80. The maximum Gasteiger partial charge on any atom is 0.337 e. The monoisotopic (exact) mass is 473 g/mol. The zero-order chi connectivity index (χ0) is 23.0. The molecule has 0 aliphatic carbocycles. The third-order valence-corrected chi connectivity index (χ3v) is 5.99. The second-order valence-corrected chi connectivity index (χ2v) is 8.25. The van der Waals surface area contributed by atoms with Crippen molar-refractivity contribution in [1.29, 1.82) is 0 Å². The molecule has 11 heteroatoms. The van der Waals surface area contributed by atoms with Gasteiger partial charge in [0.1, 0.15) is 11.5 Å². The fourth-order valence-electron chi connectivity index (χ4n) is 3.21. The molecule has 0 radical (unpaired) electrons. The number of aromatic nitrogens is 1. The van der Waals surface area contributed by atoms with Gasteiger partial charge in [0.2, 0.25) is 0 Å². The summed E-state index contributed by atoms with van der Waals surface area (Å²) in [5, 5.41) is 11.6. The average Bonchev–Trinajstić information content (AvgIpc) is 3.32. The summed E-state index contributed by atoms with van der Waals surface area (Å²) in [4.78, 5) is 40.6. The van der Waals surface area contributed by atoms with Gasteiger partial charge in [0.25, 0.3) is 11.2 Å². The molecule has 32 heavy (non-hydrogen) atoms. The van der Waals surface area contributed by atoms with Crippen LogP contribution in [0.3, 0.4) is 0 Å². The molecule has 0 fully saturated rings. The van der Waals surface area contributed by atoms with Crippen LogP contribution in [-0.4, -0.2) is 22.1 Å². The largest absolute Gasteiger partial charge is 0.463 e. The second kappa shape index (κ2) is 8.56. The predicted molar refractivity (Wildman–Crippen MR) is 118 cm³/mol. The van der Waals surface area contributed by atoms with E-state index >= 15 is 0 Å². The maximum absolute atomic E-state index is 12.9. The molecule has 0 spiro atoms. The number of nitro groups is 1. The summed E-state index contributed by atoms with van der Waals surface area (Å²) >= 11 is 7.03. The van der Waals surface area contributed by atoms with E-state index in [4.69, 9.17) is 20.8 Å². The van der Waals surface area contributed by atoms with Crippen molar-refractivity contribution in [2.24, 2.45) is 4.99 Å². The quantitative estimate of drug-likeness (QED) is 0.319.